The standard InChI is InChI=1S/C13H6Br2ClF3/c14-8-5-11(18)7(4-12(8)19)13(15)6-1-2-10(17)9(16)3-6/h1-5,13H. The minimum absolute atomic E-state index is 0.0468. The smallest absolute Gasteiger partial charge is 0.141 e. The minimum Gasteiger partial charge on any atom is -0.207 e. The lowest BCUT2D eigenvalue weighted by molar-refractivity contribution is 0.583. The highest BCUT2D eigenvalue weighted by atomic mass is 79.9. The van der Waals surface area contributed by atoms with Crippen LogP contribution < -0.4 is 0 Å². The lowest BCUT2D eigenvalue weighted by atomic mass is 10.0. The summed E-state index contributed by atoms with van der Waals surface area (Å²) in [5, 5.41) is -0.0695. The molecule has 0 N–H and O–H groups in total. The molecule has 0 spiro atoms. The minimum atomic E-state index is -0.617. The van der Waals surface area contributed by atoms with Gasteiger partial charge in [-0.15, -0.1) is 0 Å². The summed E-state index contributed by atoms with van der Waals surface area (Å²) in [5.74, 6) is -1.71. The molecule has 0 amide bonds. The van der Waals surface area contributed by atoms with Crippen LogP contribution in [0.5, 0.6) is 0 Å². The van der Waals surface area contributed by atoms with Crippen LogP contribution in [0.3, 0.4) is 0 Å². The normalized spacial score (nSPS) is 12.5. The summed E-state index contributed by atoms with van der Waals surface area (Å²) in [6.07, 6.45) is 0. The molecule has 0 aromatic heterocycles. The van der Waals surface area contributed by atoms with Crippen LogP contribution in [-0.2, 0) is 0 Å². The lowest BCUT2D eigenvalue weighted by Gasteiger charge is -2.13. The van der Waals surface area contributed by atoms with Crippen molar-refractivity contribution in [3.8, 4) is 0 Å². The predicted octanol–water partition coefficient (Wildman–Crippen LogP) is 6.00. The summed E-state index contributed by atoms with van der Waals surface area (Å²) in [7, 11) is 0. The summed E-state index contributed by atoms with van der Waals surface area (Å²) >= 11 is 11.8. The van der Waals surface area contributed by atoms with Gasteiger partial charge >= 0.3 is 0 Å². The fraction of sp³-hybridized carbons (Fsp3) is 0.0769. The van der Waals surface area contributed by atoms with Crippen LogP contribution in [0.4, 0.5) is 13.2 Å². The molecule has 100 valence electrons. The van der Waals surface area contributed by atoms with E-state index in [-0.39, 0.29) is 15.1 Å². The van der Waals surface area contributed by atoms with Gasteiger partial charge in [-0.3, -0.25) is 0 Å². The average Bonchev–Trinajstić information content (AvgIpc) is 2.36. The van der Waals surface area contributed by atoms with Gasteiger partial charge in [-0.2, -0.15) is 0 Å². The average molecular weight is 414 g/mol. The van der Waals surface area contributed by atoms with Gasteiger partial charge in [0.05, 0.1) is 14.3 Å². The Balaban J connectivity index is 2.46. The Morgan fingerprint density at radius 2 is 1.63 bits per heavy atom. The second kappa shape index (κ2) is 5.85. The van der Waals surface area contributed by atoms with Gasteiger partial charge in [-0.05, 0) is 45.8 Å². The molecule has 0 aliphatic rings. The lowest BCUT2D eigenvalue weighted by Crippen LogP contribution is -1.99. The van der Waals surface area contributed by atoms with E-state index in [9.17, 15) is 13.2 Å². The highest BCUT2D eigenvalue weighted by Crippen LogP contribution is 2.35. The van der Waals surface area contributed by atoms with Gasteiger partial charge in [-0.25, -0.2) is 13.2 Å². The van der Waals surface area contributed by atoms with Gasteiger partial charge < -0.3 is 0 Å². The molecule has 0 aliphatic carbocycles. The third-order valence-electron chi connectivity index (χ3n) is 2.55. The summed E-state index contributed by atoms with van der Waals surface area (Å²) in [5.41, 5.74) is 0.649. The van der Waals surface area contributed by atoms with Crippen LogP contribution in [0.1, 0.15) is 16.0 Å². The Bertz CT molecular complexity index is 632. The molecule has 0 radical (unpaired) electrons. The van der Waals surface area contributed by atoms with Gasteiger partial charge in [-0.1, -0.05) is 33.6 Å². The fourth-order valence-electron chi connectivity index (χ4n) is 1.58. The first-order chi connectivity index (χ1) is 8.90. The number of alkyl halides is 1. The summed E-state index contributed by atoms with van der Waals surface area (Å²) in [6.45, 7) is 0. The molecule has 0 saturated carbocycles. The maximum atomic E-state index is 13.8. The topological polar surface area (TPSA) is 0 Å². The van der Waals surface area contributed by atoms with Crippen molar-refractivity contribution in [2.75, 3.05) is 0 Å². The van der Waals surface area contributed by atoms with E-state index in [1.165, 1.54) is 18.2 Å². The summed E-state index contributed by atoms with van der Waals surface area (Å²) in [6, 6.07) is 6.13. The van der Waals surface area contributed by atoms with Crippen LogP contribution >= 0.6 is 43.5 Å². The maximum Gasteiger partial charge on any atom is 0.141 e. The van der Waals surface area contributed by atoms with Gasteiger partial charge in [0.2, 0.25) is 0 Å². The largest absolute Gasteiger partial charge is 0.207 e. The first-order valence-corrected chi connectivity index (χ1v) is 7.22. The Morgan fingerprint density at radius 3 is 2.26 bits per heavy atom. The van der Waals surface area contributed by atoms with Crippen molar-refractivity contribution in [1.82, 2.24) is 0 Å². The van der Waals surface area contributed by atoms with Gasteiger partial charge in [0.15, 0.2) is 0 Å². The number of hydrogen-bond donors (Lipinski definition) is 0. The summed E-state index contributed by atoms with van der Waals surface area (Å²) < 4.78 is 40.4. The summed E-state index contributed by atoms with van der Waals surface area (Å²) in [4.78, 5) is -0.617. The van der Waals surface area contributed by atoms with Gasteiger partial charge in [0.1, 0.15) is 17.5 Å². The second-order valence-corrected chi connectivity index (χ2v) is 6.00. The molecule has 2 aromatic rings. The third kappa shape index (κ3) is 3.15. The number of hydrogen-bond acceptors (Lipinski definition) is 0. The quantitative estimate of drug-likeness (QED) is 0.417. The molecular weight excluding hydrogens is 408 g/mol. The van der Waals surface area contributed by atoms with Crippen molar-refractivity contribution < 1.29 is 13.2 Å². The molecule has 6 heteroatoms. The first-order valence-electron chi connectivity index (χ1n) is 5.13. The molecule has 2 rings (SSSR count). The molecule has 0 heterocycles. The zero-order valence-corrected chi connectivity index (χ0v) is 13.2. The first kappa shape index (κ1) is 14.9. The molecular formula is C13H6Br2ClF3. The van der Waals surface area contributed by atoms with Crippen LogP contribution in [0.25, 0.3) is 0 Å². The van der Waals surface area contributed by atoms with E-state index in [1.807, 2.05) is 0 Å². The molecule has 0 bridgehead atoms. The van der Waals surface area contributed by atoms with Gasteiger partial charge in [0, 0.05) is 5.56 Å². The molecule has 0 saturated heterocycles. The Kier molecular flexibility index (Phi) is 4.58. The monoisotopic (exact) mass is 412 g/mol. The van der Waals surface area contributed by atoms with Crippen LogP contribution in [0.2, 0.25) is 5.02 Å². The van der Waals surface area contributed by atoms with E-state index < -0.39 is 22.3 Å². The van der Waals surface area contributed by atoms with Crippen molar-refractivity contribution in [3.63, 3.8) is 0 Å². The van der Waals surface area contributed by atoms with Crippen molar-refractivity contribution >= 4 is 43.5 Å². The van der Waals surface area contributed by atoms with E-state index in [2.05, 4.69) is 31.9 Å². The molecule has 0 nitrogen and oxygen atoms in total. The van der Waals surface area contributed by atoms with E-state index in [0.717, 1.165) is 12.1 Å². The Morgan fingerprint density at radius 1 is 0.947 bits per heavy atom. The highest BCUT2D eigenvalue weighted by Gasteiger charge is 2.18. The van der Waals surface area contributed by atoms with Crippen LogP contribution in [0, 0.1) is 17.5 Å². The van der Waals surface area contributed by atoms with Crippen LogP contribution in [0.15, 0.2) is 34.8 Å². The molecule has 19 heavy (non-hydrogen) atoms. The van der Waals surface area contributed by atoms with Crippen LogP contribution in [-0.4, -0.2) is 0 Å². The van der Waals surface area contributed by atoms with Crippen molar-refractivity contribution in [2.45, 2.75) is 4.83 Å². The Labute approximate surface area is 129 Å². The molecule has 1 atom stereocenters. The van der Waals surface area contributed by atoms with E-state index in [4.69, 9.17) is 11.6 Å². The third-order valence-corrected chi connectivity index (χ3v) is 4.47. The van der Waals surface area contributed by atoms with E-state index in [0.29, 0.717) is 5.56 Å². The van der Waals surface area contributed by atoms with Crippen molar-refractivity contribution in [2.24, 2.45) is 0 Å². The Hall–Kier alpha value is -0.520. The zero-order valence-electron chi connectivity index (χ0n) is 9.23. The number of rotatable bonds is 2. The van der Waals surface area contributed by atoms with Crippen molar-refractivity contribution in [3.05, 3.63) is 68.4 Å². The molecule has 2 aromatic carbocycles. The molecule has 0 aliphatic heterocycles. The van der Waals surface area contributed by atoms with Crippen molar-refractivity contribution in [1.29, 1.82) is 0 Å². The predicted molar refractivity (Wildman–Crippen MR) is 76.2 cm³/mol. The zero-order chi connectivity index (χ0) is 14.2. The maximum absolute atomic E-state index is 13.8. The number of benzene rings is 2. The second-order valence-electron chi connectivity index (χ2n) is 3.82. The molecule has 1 unspecified atom stereocenters. The SMILES string of the molecule is Fc1ccc(C(Br)c2cc(F)c(Br)cc2F)cc1Cl. The fourth-order valence-corrected chi connectivity index (χ4v) is 2.72. The van der Waals surface area contributed by atoms with E-state index in [1.54, 1.807) is 0 Å². The van der Waals surface area contributed by atoms with E-state index >= 15 is 0 Å². The highest BCUT2D eigenvalue weighted by molar-refractivity contribution is 9.10. The number of halogens is 6. The van der Waals surface area contributed by atoms with Gasteiger partial charge in [0.25, 0.3) is 0 Å². The molecule has 0 fully saturated rings.